The van der Waals surface area contributed by atoms with E-state index in [-0.39, 0.29) is 16.7 Å². The van der Waals surface area contributed by atoms with E-state index in [4.69, 9.17) is 4.74 Å². The predicted octanol–water partition coefficient (Wildman–Crippen LogP) is 3.45. The molecule has 0 bridgehead atoms. The first kappa shape index (κ1) is 15.0. The lowest BCUT2D eigenvalue weighted by Crippen LogP contribution is -2.18. The molecule has 5 nitrogen and oxygen atoms in total. The number of nitro benzene ring substituents is 1. The second-order valence-electron chi connectivity index (χ2n) is 4.76. The van der Waals surface area contributed by atoms with Crippen molar-refractivity contribution in [3.8, 4) is 5.75 Å². The second kappa shape index (κ2) is 6.85. The summed E-state index contributed by atoms with van der Waals surface area (Å²) in [4.78, 5) is 10.6. The van der Waals surface area contributed by atoms with Gasteiger partial charge in [0.15, 0.2) is 0 Å². The minimum absolute atomic E-state index is 0.0933. The van der Waals surface area contributed by atoms with Gasteiger partial charge in [-0.25, -0.2) is 0 Å². The highest BCUT2D eigenvalue weighted by Crippen LogP contribution is 2.20. The van der Waals surface area contributed by atoms with Gasteiger partial charge >= 0.3 is 0 Å². The Bertz CT molecular complexity index is 611. The summed E-state index contributed by atoms with van der Waals surface area (Å²) in [5.74, 6) is 0.810. The third kappa shape index (κ3) is 3.79. The average Bonchev–Trinajstić information content (AvgIpc) is 2.52. The Balaban J connectivity index is 2.03. The number of rotatable bonds is 6. The molecule has 1 unspecified atom stereocenters. The Labute approximate surface area is 123 Å². The van der Waals surface area contributed by atoms with Crippen LogP contribution in [0.15, 0.2) is 48.5 Å². The van der Waals surface area contributed by atoms with Crippen molar-refractivity contribution in [2.24, 2.45) is 0 Å². The van der Waals surface area contributed by atoms with Crippen molar-refractivity contribution >= 4 is 5.69 Å². The van der Waals surface area contributed by atoms with E-state index in [0.29, 0.717) is 12.1 Å². The van der Waals surface area contributed by atoms with Crippen molar-refractivity contribution in [1.82, 2.24) is 5.32 Å². The van der Waals surface area contributed by atoms with Crippen molar-refractivity contribution < 1.29 is 9.66 Å². The van der Waals surface area contributed by atoms with Gasteiger partial charge < -0.3 is 10.1 Å². The van der Waals surface area contributed by atoms with E-state index in [0.717, 1.165) is 11.3 Å². The molecule has 110 valence electrons. The van der Waals surface area contributed by atoms with Gasteiger partial charge in [0.25, 0.3) is 5.69 Å². The molecule has 2 aromatic rings. The lowest BCUT2D eigenvalue weighted by Gasteiger charge is -2.14. The van der Waals surface area contributed by atoms with E-state index in [9.17, 15) is 10.1 Å². The van der Waals surface area contributed by atoms with Gasteiger partial charge in [-0.15, -0.1) is 0 Å². The van der Waals surface area contributed by atoms with Crippen molar-refractivity contribution in [3.63, 3.8) is 0 Å². The van der Waals surface area contributed by atoms with Gasteiger partial charge in [0.1, 0.15) is 5.75 Å². The first-order valence-electron chi connectivity index (χ1n) is 6.71. The van der Waals surface area contributed by atoms with Crippen LogP contribution in [-0.2, 0) is 6.54 Å². The van der Waals surface area contributed by atoms with E-state index < -0.39 is 0 Å². The average molecular weight is 286 g/mol. The van der Waals surface area contributed by atoms with Gasteiger partial charge in [0.05, 0.1) is 12.0 Å². The number of para-hydroxylation sites is 1. The molecule has 0 amide bonds. The smallest absolute Gasteiger partial charge is 0.273 e. The minimum atomic E-state index is -0.352. The van der Waals surface area contributed by atoms with Crippen molar-refractivity contribution in [1.29, 1.82) is 0 Å². The van der Waals surface area contributed by atoms with Crippen LogP contribution in [0.3, 0.4) is 0 Å². The van der Waals surface area contributed by atoms with Crippen molar-refractivity contribution in [2.75, 3.05) is 7.11 Å². The van der Waals surface area contributed by atoms with Crippen LogP contribution < -0.4 is 10.1 Å². The van der Waals surface area contributed by atoms with Crippen LogP contribution in [0.25, 0.3) is 0 Å². The Hall–Kier alpha value is -2.40. The van der Waals surface area contributed by atoms with Crippen LogP contribution in [0.4, 0.5) is 5.69 Å². The topological polar surface area (TPSA) is 64.4 Å². The molecule has 0 aliphatic heterocycles. The Morgan fingerprint density at radius 1 is 1.19 bits per heavy atom. The standard InChI is InChI=1S/C16H18N2O3/c1-12(13-7-9-15(21-2)10-8-13)17-11-14-5-3-4-6-16(14)18(19)20/h3-10,12,17H,11H2,1-2H3. The summed E-state index contributed by atoms with van der Waals surface area (Å²) in [6, 6.07) is 14.6. The Morgan fingerprint density at radius 2 is 1.86 bits per heavy atom. The normalized spacial score (nSPS) is 11.9. The minimum Gasteiger partial charge on any atom is -0.497 e. The maximum atomic E-state index is 11.0. The number of benzene rings is 2. The lowest BCUT2D eigenvalue weighted by atomic mass is 10.1. The summed E-state index contributed by atoms with van der Waals surface area (Å²) < 4.78 is 5.12. The molecule has 0 saturated carbocycles. The number of nitrogens with zero attached hydrogens (tertiary/aromatic N) is 1. The molecular weight excluding hydrogens is 268 g/mol. The summed E-state index contributed by atoms with van der Waals surface area (Å²) in [7, 11) is 1.63. The molecule has 1 atom stereocenters. The lowest BCUT2D eigenvalue weighted by molar-refractivity contribution is -0.385. The SMILES string of the molecule is COc1ccc(C(C)NCc2ccccc2[N+](=O)[O-])cc1. The number of ether oxygens (including phenoxy) is 1. The van der Waals surface area contributed by atoms with E-state index in [1.165, 1.54) is 6.07 Å². The van der Waals surface area contributed by atoms with E-state index in [2.05, 4.69) is 5.32 Å². The molecule has 5 heteroatoms. The maximum Gasteiger partial charge on any atom is 0.273 e. The Kier molecular flexibility index (Phi) is 4.90. The first-order chi connectivity index (χ1) is 10.1. The van der Waals surface area contributed by atoms with Crippen LogP contribution in [0, 0.1) is 10.1 Å². The molecule has 0 aromatic heterocycles. The molecule has 2 rings (SSSR count). The maximum absolute atomic E-state index is 11.0. The van der Waals surface area contributed by atoms with Crippen molar-refractivity contribution in [2.45, 2.75) is 19.5 Å². The van der Waals surface area contributed by atoms with Crippen LogP contribution >= 0.6 is 0 Å². The highest BCUT2D eigenvalue weighted by molar-refractivity contribution is 5.39. The number of methoxy groups -OCH3 is 1. The summed E-state index contributed by atoms with van der Waals surface area (Å²) in [6.07, 6.45) is 0. The fourth-order valence-electron chi connectivity index (χ4n) is 2.11. The van der Waals surface area contributed by atoms with Gasteiger partial charge in [-0.05, 0) is 24.6 Å². The third-order valence-electron chi connectivity index (χ3n) is 3.40. The summed E-state index contributed by atoms with van der Waals surface area (Å²) >= 11 is 0. The zero-order valence-electron chi connectivity index (χ0n) is 12.1. The van der Waals surface area contributed by atoms with Crippen LogP contribution in [0.2, 0.25) is 0 Å². The molecule has 0 aliphatic rings. The van der Waals surface area contributed by atoms with Crippen LogP contribution in [0.5, 0.6) is 5.75 Å². The number of hydrogen-bond acceptors (Lipinski definition) is 4. The van der Waals surface area contributed by atoms with Crippen LogP contribution in [0.1, 0.15) is 24.1 Å². The summed E-state index contributed by atoms with van der Waals surface area (Å²) in [5, 5.41) is 14.3. The zero-order valence-corrected chi connectivity index (χ0v) is 12.1. The monoisotopic (exact) mass is 286 g/mol. The highest BCUT2D eigenvalue weighted by Gasteiger charge is 2.13. The molecule has 0 radical (unpaired) electrons. The van der Waals surface area contributed by atoms with E-state index in [1.807, 2.05) is 37.3 Å². The van der Waals surface area contributed by atoms with Crippen molar-refractivity contribution in [3.05, 3.63) is 69.8 Å². The number of nitro groups is 1. The van der Waals surface area contributed by atoms with Crippen LogP contribution in [-0.4, -0.2) is 12.0 Å². The quantitative estimate of drug-likeness (QED) is 0.652. The Morgan fingerprint density at radius 3 is 2.48 bits per heavy atom. The van der Waals surface area contributed by atoms with Gasteiger partial charge in [-0.1, -0.05) is 30.3 Å². The van der Waals surface area contributed by atoms with Gasteiger partial charge in [0, 0.05) is 24.2 Å². The predicted molar refractivity (Wildman–Crippen MR) is 81.3 cm³/mol. The van der Waals surface area contributed by atoms with Gasteiger partial charge in [-0.3, -0.25) is 10.1 Å². The molecule has 0 heterocycles. The highest BCUT2D eigenvalue weighted by atomic mass is 16.6. The van der Waals surface area contributed by atoms with E-state index >= 15 is 0 Å². The second-order valence-corrected chi connectivity index (χ2v) is 4.76. The molecule has 0 saturated heterocycles. The molecule has 0 spiro atoms. The third-order valence-corrected chi connectivity index (χ3v) is 3.40. The molecule has 0 fully saturated rings. The largest absolute Gasteiger partial charge is 0.497 e. The molecular formula is C16H18N2O3. The molecule has 0 aliphatic carbocycles. The van der Waals surface area contributed by atoms with E-state index in [1.54, 1.807) is 19.2 Å². The summed E-state index contributed by atoms with van der Waals surface area (Å²) in [5.41, 5.74) is 1.93. The fourth-order valence-corrected chi connectivity index (χ4v) is 2.11. The summed E-state index contributed by atoms with van der Waals surface area (Å²) in [6.45, 7) is 2.47. The molecule has 21 heavy (non-hydrogen) atoms. The van der Waals surface area contributed by atoms with Gasteiger partial charge in [-0.2, -0.15) is 0 Å². The molecule has 1 N–H and O–H groups in total. The molecule has 2 aromatic carbocycles. The van der Waals surface area contributed by atoms with Gasteiger partial charge in [0.2, 0.25) is 0 Å². The number of nitrogens with one attached hydrogen (secondary N) is 1. The fraction of sp³-hybridized carbons (Fsp3) is 0.250. The first-order valence-corrected chi connectivity index (χ1v) is 6.71. The number of hydrogen-bond donors (Lipinski definition) is 1. The zero-order chi connectivity index (χ0) is 15.2.